The molecule has 20 heavy (non-hydrogen) atoms. The van der Waals surface area contributed by atoms with E-state index in [-0.39, 0.29) is 5.82 Å². The standard InChI is InChI=1S/C16H16FNO2/c17-12-1-2-15-13(9-12)14(10-18-15)11-3-5-16(6-4-11)19-7-8-20-16/h1-3,9-10,18H,4-8H2. The van der Waals surface area contributed by atoms with Crippen LogP contribution in [0.5, 0.6) is 0 Å². The normalized spacial score (nSPS) is 21.6. The first kappa shape index (κ1) is 12.1. The summed E-state index contributed by atoms with van der Waals surface area (Å²) in [5.74, 6) is -0.602. The van der Waals surface area contributed by atoms with Gasteiger partial charge in [-0.3, -0.25) is 0 Å². The van der Waals surface area contributed by atoms with Crippen molar-refractivity contribution < 1.29 is 13.9 Å². The van der Waals surface area contributed by atoms with Crippen LogP contribution in [0.15, 0.2) is 30.5 Å². The van der Waals surface area contributed by atoms with Crippen molar-refractivity contribution in [2.75, 3.05) is 13.2 Å². The highest BCUT2D eigenvalue weighted by molar-refractivity contribution is 5.92. The summed E-state index contributed by atoms with van der Waals surface area (Å²) in [5.41, 5.74) is 3.30. The summed E-state index contributed by atoms with van der Waals surface area (Å²) in [6.07, 6.45) is 6.65. The molecule has 4 rings (SSSR count). The molecule has 0 amide bonds. The van der Waals surface area contributed by atoms with Gasteiger partial charge in [0, 0.05) is 35.5 Å². The van der Waals surface area contributed by atoms with Crippen molar-refractivity contribution in [1.82, 2.24) is 4.98 Å². The van der Waals surface area contributed by atoms with Gasteiger partial charge in [0.05, 0.1) is 13.2 Å². The fourth-order valence-electron chi connectivity index (χ4n) is 3.17. The molecule has 1 aromatic heterocycles. The number of nitrogens with one attached hydrogen (secondary N) is 1. The molecule has 1 N–H and O–H groups in total. The van der Waals surface area contributed by atoms with Gasteiger partial charge in [-0.1, -0.05) is 6.08 Å². The largest absolute Gasteiger partial charge is 0.361 e. The summed E-state index contributed by atoms with van der Waals surface area (Å²) < 4.78 is 24.9. The van der Waals surface area contributed by atoms with Crippen LogP contribution in [0.3, 0.4) is 0 Å². The summed E-state index contributed by atoms with van der Waals surface area (Å²) in [4.78, 5) is 3.20. The first-order chi connectivity index (χ1) is 9.76. The smallest absolute Gasteiger partial charge is 0.172 e. The SMILES string of the molecule is Fc1ccc2[nH]cc(C3=CCC4(CC3)OCCO4)c2c1. The molecule has 1 aliphatic carbocycles. The van der Waals surface area contributed by atoms with Crippen LogP contribution in [0.2, 0.25) is 0 Å². The Morgan fingerprint density at radius 3 is 2.80 bits per heavy atom. The highest BCUT2D eigenvalue weighted by atomic mass is 19.1. The number of rotatable bonds is 1. The maximum atomic E-state index is 13.4. The Morgan fingerprint density at radius 2 is 2.05 bits per heavy atom. The lowest BCUT2D eigenvalue weighted by Gasteiger charge is -2.30. The molecule has 104 valence electrons. The number of H-pyrrole nitrogens is 1. The lowest BCUT2D eigenvalue weighted by Crippen LogP contribution is -2.31. The minimum atomic E-state index is -0.402. The van der Waals surface area contributed by atoms with Gasteiger partial charge in [-0.2, -0.15) is 0 Å². The van der Waals surface area contributed by atoms with E-state index < -0.39 is 5.79 Å². The maximum absolute atomic E-state index is 13.4. The molecular formula is C16H16FNO2. The van der Waals surface area contributed by atoms with Gasteiger partial charge in [-0.25, -0.2) is 4.39 Å². The second-order valence-corrected chi connectivity index (χ2v) is 5.43. The topological polar surface area (TPSA) is 34.2 Å². The summed E-state index contributed by atoms with van der Waals surface area (Å²) >= 11 is 0. The van der Waals surface area contributed by atoms with E-state index in [2.05, 4.69) is 11.1 Å². The van der Waals surface area contributed by atoms with Crippen LogP contribution in [0, 0.1) is 5.82 Å². The fourth-order valence-corrected chi connectivity index (χ4v) is 3.17. The Bertz CT molecular complexity index is 683. The van der Waals surface area contributed by atoms with Crippen molar-refractivity contribution in [2.24, 2.45) is 0 Å². The zero-order chi connectivity index (χ0) is 13.6. The molecule has 1 saturated heterocycles. The number of aromatic nitrogens is 1. The van der Waals surface area contributed by atoms with E-state index in [0.29, 0.717) is 13.2 Å². The monoisotopic (exact) mass is 273 g/mol. The number of aromatic amines is 1. The van der Waals surface area contributed by atoms with Crippen LogP contribution in [-0.2, 0) is 9.47 Å². The van der Waals surface area contributed by atoms with E-state index in [1.807, 2.05) is 6.20 Å². The Balaban J connectivity index is 1.70. The number of benzene rings is 1. The zero-order valence-electron chi connectivity index (χ0n) is 11.1. The Kier molecular flexibility index (Phi) is 2.69. The second kappa shape index (κ2) is 4.43. The number of hydrogen-bond donors (Lipinski definition) is 1. The first-order valence-electron chi connectivity index (χ1n) is 7.00. The van der Waals surface area contributed by atoms with Crippen molar-refractivity contribution in [3.05, 3.63) is 41.9 Å². The van der Waals surface area contributed by atoms with Crippen molar-refractivity contribution >= 4 is 16.5 Å². The average Bonchev–Trinajstić information content (AvgIpc) is 3.07. The highest BCUT2D eigenvalue weighted by Crippen LogP contribution is 2.39. The number of halogens is 1. The molecule has 4 heteroatoms. The minimum Gasteiger partial charge on any atom is -0.361 e. The predicted octanol–water partition coefficient (Wildman–Crippen LogP) is 3.62. The van der Waals surface area contributed by atoms with Crippen LogP contribution in [0.25, 0.3) is 16.5 Å². The van der Waals surface area contributed by atoms with Gasteiger partial charge in [0.15, 0.2) is 5.79 Å². The molecule has 0 atom stereocenters. The zero-order valence-corrected chi connectivity index (χ0v) is 11.1. The molecule has 0 radical (unpaired) electrons. The van der Waals surface area contributed by atoms with Gasteiger partial charge >= 0.3 is 0 Å². The summed E-state index contributed by atoms with van der Waals surface area (Å²) in [7, 11) is 0. The number of ether oxygens (including phenoxy) is 2. The lowest BCUT2D eigenvalue weighted by atomic mass is 9.89. The van der Waals surface area contributed by atoms with Crippen LogP contribution in [0.1, 0.15) is 24.8 Å². The predicted molar refractivity (Wildman–Crippen MR) is 74.7 cm³/mol. The molecule has 3 nitrogen and oxygen atoms in total. The third kappa shape index (κ3) is 1.87. The number of fused-ring (bicyclic) bond motifs is 1. The number of allylic oxidation sites excluding steroid dienone is 1. The molecule has 1 aromatic carbocycles. The van der Waals surface area contributed by atoms with Gasteiger partial charge in [-0.05, 0) is 30.2 Å². The van der Waals surface area contributed by atoms with E-state index >= 15 is 0 Å². The molecule has 1 fully saturated rings. The summed E-state index contributed by atoms with van der Waals surface area (Å²) in [6.45, 7) is 1.36. The van der Waals surface area contributed by atoms with Gasteiger partial charge in [-0.15, -0.1) is 0 Å². The lowest BCUT2D eigenvalue weighted by molar-refractivity contribution is -0.159. The van der Waals surface area contributed by atoms with E-state index in [9.17, 15) is 4.39 Å². The van der Waals surface area contributed by atoms with E-state index in [0.717, 1.165) is 35.7 Å². The Hall–Kier alpha value is -1.65. The van der Waals surface area contributed by atoms with Crippen LogP contribution in [-0.4, -0.2) is 24.0 Å². The van der Waals surface area contributed by atoms with Crippen molar-refractivity contribution in [2.45, 2.75) is 25.0 Å². The summed E-state index contributed by atoms with van der Waals surface area (Å²) in [5, 5.41) is 0.945. The van der Waals surface area contributed by atoms with Crippen LogP contribution < -0.4 is 0 Å². The molecule has 0 unspecified atom stereocenters. The van der Waals surface area contributed by atoms with Gasteiger partial charge in [0.2, 0.25) is 0 Å². The Morgan fingerprint density at radius 1 is 1.20 bits per heavy atom. The first-order valence-corrected chi connectivity index (χ1v) is 7.00. The van der Waals surface area contributed by atoms with Gasteiger partial charge < -0.3 is 14.5 Å². The van der Waals surface area contributed by atoms with E-state index in [4.69, 9.17) is 9.47 Å². The van der Waals surface area contributed by atoms with Gasteiger partial charge in [0.1, 0.15) is 5.82 Å². The summed E-state index contributed by atoms with van der Waals surface area (Å²) in [6, 6.07) is 4.85. The quantitative estimate of drug-likeness (QED) is 0.861. The molecule has 2 aromatic rings. The van der Waals surface area contributed by atoms with E-state index in [1.165, 1.54) is 11.6 Å². The molecule has 0 bridgehead atoms. The van der Waals surface area contributed by atoms with Crippen molar-refractivity contribution in [1.29, 1.82) is 0 Å². The molecule has 2 aliphatic rings. The maximum Gasteiger partial charge on any atom is 0.172 e. The van der Waals surface area contributed by atoms with Crippen molar-refractivity contribution in [3.63, 3.8) is 0 Å². The van der Waals surface area contributed by atoms with Crippen LogP contribution >= 0.6 is 0 Å². The molecule has 1 aliphatic heterocycles. The van der Waals surface area contributed by atoms with E-state index in [1.54, 1.807) is 12.1 Å². The Labute approximate surface area is 116 Å². The molecule has 0 saturated carbocycles. The fraction of sp³-hybridized carbons (Fsp3) is 0.375. The molecule has 2 heterocycles. The molecular weight excluding hydrogens is 257 g/mol. The van der Waals surface area contributed by atoms with Gasteiger partial charge in [0.25, 0.3) is 0 Å². The van der Waals surface area contributed by atoms with Crippen LogP contribution in [0.4, 0.5) is 4.39 Å². The third-order valence-corrected chi connectivity index (χ3v) is 4.24. The third-order valence-electron chi connectivity index (χ3n) is 4.24. The number of hydrogen-bond acceptors (Lipinski definition) is 2. The molecule has 1 spiro atoms. The second-order valence-electron chi connectivity index (χ2n) is 5.43. The van der Waals surface area contributed by atoms with Crippen molar-refractivity contribution in [3.8, 4) is 0 Å². The average molecular weight is 273 g/mol. The highest BCUT2D eigenvalue weighted by Gasteiger charge is 2.37. The minimum absolute atomic E-state index is 0.200.